The van der Waals surface area contributed by atoms with E-state index in [-0.39, 0.29) is 11.7 Å². The summed E-state index contributed by atoms with van der Waals surface area (Å²) in [7, 11) is 4.42. The lowest BCUT2D eigenvalue weighted by molar-refractivity contribution is -0.118. The van der Waals surface area contributed by atoms with E-state index in [0.29, 0.717) is 44.6 Å². The van der Waals surface area contributed by atoms with Crippen LogP contribution in [0.25, 0.3) is 0 Å². The van der Waals surface area contributed by atoms with Gasteiger partial charge in [0, 0.05) is 5.56 Å². The second-order valence-electron chi connectivity index (χ2n) is 5.89. The van der Waals surface area contributed by atoms with Gasteiger partial charge in [0.25, 0.3) is 5.91 Å². The van der Waals surface area contributed by atoms with Crippen molar-refractivity contribution in [3.8, 4) is 17.2 Å². The molecule has 0 saturated carbocycles. The van der Waals surface area contributed by atoms with E-state index in [1.165, 1.54) is 45.2 Å². The number of hydrogen-bond acceptors (Lipinski definition) is 10. The molecule has 164 valence electrons. The Bertz CT molecular complexity index is 1010. The molecule has 1 aromatic carbocycles. The van der Waals surface area contributed by atoms with Crippen LogP contribution in [0.2, 0.25) is 0 Å². The Morgan fingerprint density at radius 1 is 1.13 bits per heavy atom. The number of methoxy groups -OCH3 is 3. The first-order valence-corrected chi connectivity index (χ1v) is 10.7. The Kier molecular flexibility index (Phi) is 7.73. The fraction of sp³-hybridized carbons (Fsp3) is 0.263. The molecule has 3 aromatic rings. The highest BCUT2D eigenvalue weighted by atomic mass is 32.2. The van der Waals surface area contributed by atoms with Crippen LogP contribution in [0.15, 0.2) is 39.3 Å². The van der Waals surface area contributed by atoms with Crippen molar-refractivity contribution in [1.29, 1.82) is 0 Å². The Morgan fingerprint density at radius 3 is 2.48 bits per heavy atom. The number of hydrogen-bond donors (Lipinski definition) is 2. The molecular formula is C19H20N4O6S2. The molecule has 10 nitrogen and oxygen atoms in total. The van der Waals surface area contributed by atoms with E-state index in [2.05, 4.69) is 20.8 Å². The minimum absolute atomic E-state index is 0.163. The van der Waals surface area contributed by atoms with Gasteiger partial charge in [0.2, 0.25) is 16.8 Å². The Hall–Kier alpha value is -3.25. The van der Waals surface area contributed by atoms with Crippen molar-refractivity contribution in [2.24, 2.45) is 0 Å². The van der Waals surface area contributed by atoms with E-state index in [4.69, 9.17) is 18.6 Å². The molecule has 2 N–H and O–H groups in total. The SMILES string of the molecule is COc1cc(C(=O)Nc2nnc(SCC(=O)NCc3ccco3)s2)cc(OC)c1OC. The summed E-state index contributed by atoms with van der Waals surface area (Å²) in [4.78, 5) is 24.6. The maximum atomic E-state index is 12.6. The van der Waals surface area contributed by atoms with Crippen LogP contribution >= 0.6 is 23.1 Å². The van der Waals surface area contributed by atoms with E-state index >= 15 is 0 Å². The predicted molar refractivity (Wildman–Crippen MR) is 115 cm³/mol. The monoisotopic (exact) mass is 464 g/mol. The average Bonchev–Trinajstić information content (AvgIpc) is 3.47. The second-order valence-corrected chi connectivity index (χ2v) is 8.09. The van der Waals surface area contributed by atoms with Crippen molar-refractivity contribution in [2.75, 3.05) is 32.4 Å². The predicted octanol–water partition coefficient (Wildman–Crippen LogP) is 2.82. The zero-order valence-electron chi connectivity index (χ0n) is 17.0. The van der Waals surface area contributed by atoms with Crippen LogP contribution in [0.1, 0.15) is 16.1 Å². The topological polar surface area (TPSA) is 125 Å². The molecule has 2 aromatic heterocycles. The molecule has 0 spiro atoms. The summed E-state index contributed by atoms with van der Waals surface area (Å²) in [5, 5.41) is 13.7. The average molecular weight is 465 g/mol. The van der Waals surface area contributed by atoms with Gasteiger partial charge in [0.05, 0.1) is 39.9 Å². The molecule has 12 heteroatoms. The summed E-state index contributed by atoms with van der Waals surface area (Å²) in [5.41, 5.74) is 0.302. The van der Waals surface area contributed by atoms with Gasteiger partial charge in [-0.15, -0.1) is 10.2 Å². The lowest BCUT2D eigenvalue weighted by Gasteiger charge is -2.13. The summed E-state index contributed by atoms with van der Waals surface area (Å²) < 4.78 is 21.5. The number of anilines is 1. The number of aromatic nitrogens is 2. The first-order chi connectivity index (χ1) is 15.0. The van der Waals surface area contributed by atoms with Crippen LogP contribution in [0.4, 0.5) is 5.13 Å². The molecule has 0 saturated heterocycles. The van der Waals surface area contributed by atoms with Gasteiger partial charge in [-0.3, -0.25) is 14.9 Å². The van der Waals surface area contributed by atoms with Crippen molar-refractivity contribution in [1.82, 2.24) is 15.5 Å². The molecule has 2 amide bonds. The number of carbonyl (C=O) groups excluding carboxylic acids is 2. The number of thioether (sulfide) groups is 1. The van der Waals surface area contributed by atoms with Crippen LogP contribution in [0, 0.1) is 0 Å². The number of benzene rings is 1. The number of ether oxygens (including phenoxy) is 3. The summed E-state index contributed by atoms with van der Waals surface area (Å²) in [6.07, 6.45) is 1.55. The second kappa shape index (κ2) is 10.7. The van der Waals surface area contributed by atoms with Crippen LogP contribution in [0.5, 0.6) is 17.2 Å². The highest BCUT2D eigenvalue weighted by Crippen LogP contribution is 2.38. The molecule has 0 aliphatic rings. The zero-order valence-corrected chi connectivity index (χ0v) is 18.6. The first kappa shape index (κ1) is 22.4. The van der Waals surface area contributed by atoms with Crippen LogP contribution in [0.3, 0.4) is 0 Å². The van der Waals surface area contributed by atoms with Crippen LogP contribution < -0.4 is 24.8 Å². The van der Waals surface area contributed by atoms with E-state index in [9.17, 15) is 9.59 Å². The Balaban J connectivity index is 1.56. The molecule has 3 rings (SSSR count). The lowest BCUT2D eigenvalue weighted by Crippen LogP contribution is -2.24. The fourth-order valence-electron chi connectivity index (χ4n) is 2.48. The number of amides is 2. The first-order valence-electron chi connectivity index (χ1n) is 8.90. The van der Waals surface area contributed by atoms with Crippen molar-refractivity contribution in [2.45, 2.75) is 10.9 Å². The number of carbonyl (C=O) groups is 2. The van der Waals surface area contributed by atoms with Gasteiger partial charge in [0.1, 0.15) is 5.76 Å². The number of nitrogens with zero attached hydrogens (tertiary/aromatic N) is 2. The molecule has 0 aliphatic heterocycles. The van der Waals surface area contributed by atoms with Gasteiger partial charge >= 0.3 is 0 Å². The molecule has 31 heavy (non-hydrogen) atoms. The van der Waals surface area contributed by atoms with Gasteiger partial charge in [-0.1, -0.05) is 23.1 Å². The highest BCUT2D eigenvalue weighted by molar-refractivity contribution is 8.01. The fourth-order valence-corrected chi connectivity index (χ4v) is 4.05. The summed E-state index contributed by atoms with van der Waals surface area (Å²) >= 11 is 2.39. The standard InChI is InChI=1S/C19H20N4O6S2/c1-26-13-7-11(8-14(27-2)16(13)28-3)17(25)21-18-22-23-19(31-18)30-10-15(24)20-9-12-5-4-6-29-12/h4-8H,9-10H2,1-3H3,(H,20,24)(H,21,22,25). The van der Waals surface area contributed by atoms with Crippen molar-refractivity contribution in [3.63, 3.8) is 0 Å². The third kappa shape index (κ3) is 5.89. The van der Waals surface area contributed by atoms with Gasteiger partial charge in [0.15, 0.2) is 15.8 Å². The quantitative estimate of drug-likeness (QED) is 0.344. The maximum Gasteiger partial charge on any atom is 0.257 e. The summed E-state index contributed by atoms with van der Waals surface area (Å²) in [5.74, 6) is 1.37. The van der Waals surface area contributed by atoms with Gasteiger partial charge < -0.3 is 23.9 Å². The third-order valence-corrected chi connectivity index (χ3v) is 5.89. The maximum absolute atomic E-state index is 12.6. The normalized spacial score (nSPS) is 10.4. The van der Waals surface area contributed by atoms with Gasteiger partial charge in [-0.05, 0) is 24.3 Å². The molecule has 0 aliphatic carbocycles. The third-order valence-electron chi connectivity index (χ3n) is 3.92. The molecule has 0 atom stereocenters. The molecule has 2 heterocycles. The van der Waals surface area contributed by atoms with Crippen molar-refractivity contribution in [3.05, 3.63) is 41.9 Å². The van der Waals surface area contributed by atoms with E-state index in [1.807, 2.05) is 0 Å². The van der Waals surface area contributed by atoms with Crippen LogP contribution in [-0.2, 0) is 11.3 Å². The molecule has 0 bridgehead atoms. The minimum atomic E-state index is -0.414. The lowest BCUT2D eigenvalue weighted by atomic mass is 10.1. The molecular weight excluding hydrogens is 444 g/mol. The largest absolute Gasteiger partial charge is 0.493 e. The molecule has 0 radical (unpaired) electrons. The van der Waals surface area contributed by atoms with Gasteiger partial charge in [-0.2, -0.15) is 0 Å². The number of rotatable bonds is 10. The molecule has 0 fully saturated rings. The summed E-state index contributed by atoms with van der Waals surface area (Å²) in [6, 6.07) is 6.61. The zero-order chi connectivity index (χ0) is 22.2. The smallest absolute Gasteiger partial charge is 0.257 e. The summed E-state index contributed by atoms with van der Waals surface area (Å²) in [6.45, 7) is 0.318. The number of furan rings is 1. The van der Waals surface area contributed by atoms with E-state index in [1.54, 1.807) is 18.4 Å². The van der Waals surface area contributed by atoms with E-state index < -0.39 is 5.91 Å². The van der Waals surface area contributed by atoms with Gasteiger partial charge in [-0.25, -0.2) is 0 Å². The Morgan fingerprint density at radius 2 is 1.87 bits per heavy atom. The van der Waals surface area contributed by atoms with Crippen molar-refractivity contribution >= 4 is 40.0 Å². The highest BCUT2D eigenvalue weighted by Gasteiger charge is 2.18. The van der Waals surface area contributed by atoms with Crippen molar-refractivity contribution < 1.29 is 28.2 Å². The molecule has 0 unspecified atom stereocenters. The van der Waals surface area contributed by atoms with Crippen LogP contribution in [-0.4, -0.2) is 49.1 Å². The minimum Gasteiger partial charge on any atom is -0.493 e. The van der Waals surface area contributed by atoms with E-state index in [0.717, 1.165) is 11.3 Å². The Labute approximate surface area is 186 Å². The number of nitrogens with one attached hydrogen (secondary N) is 2.